The molecular formula is C23H20N2O3. The molecule has 3 N–H and O–H groups in total. The number of benzene rings is 3. The SMILES string of the molecule is O=C(N/N=C\c1ccc(O)cc1O)[C@@H]1CC1(c1ccccc1)c1ccccc1. The normalized spacial score (nSPS) is 17.4. The molecule has 140 valence electrons. The number of carbonyl (C=O) groups is 1. The van der Waals surface area contributed by atoms with Gasteiger partial charge in [-0.25, -0.2) is 5.43 Å². The van der Waals surface area contributed by atoms with Gasteiger partial charge in [-0.15, -0.1) is 0 Å². The van der Waals surface area contributed by atoms with Crippen molar-refractivity contribution in [3.05, 3.63) is 95.6 Å². The fourth-order valence-electron chi connectivity index (χ4n) is 3.74. The number of nitrogens with one attached hydrogen (secondary N) is 1. The summed E-state index contributed by atoms with van der Waals surface area (Å²) in [5, 5.41) is 23.1. The molecule has 0 spiro atoms. The van der Waals surface area contributed by atoms with E-state index in [2.05, 4.69) is 34.8 Å². The third-order valence-corrected chi connectivity index (χ3v) is 5.25. The Morgan fingerprint density at radius 2 is 1.57 bits per heavy atom. The number of rotatable bonds is 5. The van der Waals surface area contributed by atoms with Gasteiger partial charge in [0.15, 0.2) is 0 Å². The molecule has 1 saturated carbocycles. The van der Waals surface area contributed by atoms with E-state index in [4.69, 9.17) is 0 Å². The quantitative estimate of drug-likeness (QED) is 0.473. The Hall–Kier alpha value is -3.60. The lowest BCUT2D eigenvalue weighted by Crippen LogP contribution is -2.25. The predicted octanol–water partition coefficient (Wildman–Crippen LogP) is 3.55. The maximum absolute atomic E-state index is 12.8. The van der Waals surface area contributed by atoms with Crippen molar-refractivity contribution in [2.75, 3.05) is 0 Å². The number of carbonyl (C=O) groups excluding carboxylic acids is 1. The highest BCUT2D eigenvalue weighted by molar-refractivity contribution is 5.88. The molecule has 1 fully saturated rings. The Morgan fingerprint density at radius 3 is 2.14 bits per heavy atom. The number of phenolic OH excluding ortho intramolecular Hbond substituents is 2. The first-order chi connectivity index (χ1) is 13.6. The molecule has 5 nitrogen and oxygen atoms in total. The van der Waals surface area contributed by atoms with E-state index < -0.39 is 0 Å². The third kappa shape index (κ3) is 3.22. The first kappa shape index (κ1) is 17.8. The Kier molecular flexibility index (Phi) is 4.57. The smallest absolute Gasteiger partial charge is 0.244 e. The van der Waals surface area contributed by atoms with Gasteiger partial charge in [0.25, 0.3) is 0 Å². The Balaban J connectivity index is 1.54. The molecular weight excluding hydrogens is 352 g/mol. The van der Waals surface area contributed by atoms with Crippen LogP contribution in [0.25, 0.3) is 0 Å². The summed E-state index contributed by atoms with van der Waals surface area (Å²) < 4.78 is 0. The molecule has 0 bridgehead atoms. The lowest BCUT2D eigenvalue weighted by Gasteiger charge is -2.18. The highest BCUT2D eigenvalue weighted by Gasteiger charge is 2.60. The van der Waals surface area contributed by atoms with Crippen LogP contribution in [0.4, 0.5) is 0 Å². The molecule has 1 aliphatic carbocycles. The summed E-state index contributed by atoms with van der Waals surface area (Å²) in [6.07, 6.45) is 2.08. The van der Waals surface area contributed by atoms with Crippen LogP contribution in [0, 0.1) is 5.92 Å². The molecule has 3 aromatic carbocycles. The van der Waals surface area contributed by atoms with Crippen LogP contribution in [0.2, 0.25) is 0 Å². The summed E-state index contributed by atoms with van der Waals surface area (Å²) in [6, 6.07) is 24.3. The molecule has 0 heterocycles. The van der Waals surface area contributed by atoms with Gasteiger partial charge in [0.05, 0.1) is 12.1 Å². The topological polar surface area (TPSA) is 81.9 Å². The van der Waals surface area contributed by atoms with Gasteiger partial charge >= 0.3 is 0 Å². The Bertz CT molecular complexity index is 977. The van der Waals surface area contributed by atoms with Gasteiger partial charge < -0.3 is 10.2 Å². The highest BCUT2D eigenvalue weighted by Crippen LogP contribution is 2.58. The van der Waals surface area contributed by atoms with E-state index >= 15 is 0 Å². The van der Waals surface area contributed by atoms with Crippen LogP contribution >= 0.6 is 0 Å². The zero-order chi connectivity index (χ0) is 19.6. The van der Waals surface area contributed by atoms with Crippen LogP contribution in [0.5, 0.6) is 11.5 Å². The zero-order valence-corrected chi connectivity index (χ0v) is 15.1. The van der Waals surface area contributed by atoms with Gasteiger partial charge in [-0.1, -0.05) is 60.7 Å². The van der Waals surface area contributed by atoms with Crippen LogP contribution in [-0.2, 0) is 10.2 Å². The predicted molar refractivity (Wildman–Crippen MR) is 107 cm³/mol. The van der Waals surface area contributed by atoms with Gasteiger partial charge in [0, 0.05) is 17.0 Å². The summed E-state index contributed by atoms with van der Waals surface area (Å²) in [4.78, 5) is 12.8. The number of hydrogen-bond donors (Lipinski definition) is 3. The summed E-state index contributed by atoms with van der Waals surface area (Å²) in [5.41, 5.74) is 4.88. The minimum absolute atomic E-state index is 0.0350. The van der Waals surface area contributed by atoms with Crippen molar-refractivity contribution in [3.63, 3.8) is 0 Å². The summed E-state index contributed by atoms with van der Waals surface area (Å²) in [5.74, 6) is -0.524. The van der Waals surface area contributed by atoms with Crippen LogP contribution in [-0.4, -0.2) is 22.3 Å². The van der Waals surface area contributed by atoms with E-state index in [1.54, 1.807) is 0 Å². The van der Waals surface area contributed by atoms with Crippen molar-refractivity contribution < 1.29 is 15.0 Å². The Morgan fingerprint density at radius 1 is 0.964 bits per heavy atom. The van der Waals surface area contributed by atoms with Crippen molar-refractivity contribution in [3.8, 4) is 11.5 Å². The lowest BCUT2D eigenvalue weighted by atomic mass is 9.85. The van der Waals surface area contributed by atoms with Crippen molar-refractivity contribution in [1.82, 2.24) is 5.43 Å². The lowest BCUT2D eigenvalue weighted by molar-refractivity contribution is -0.122. The summed E-state index contributed by atoms with van der Waals surface area (Å²) >= 11 is 0. The minimum Gasteiger partial charge on any atom is -0.508 e. The third-order valence-electron chi connectivity index (χ3n) is 5.25. The zero-order valence-electron chi connectivity index (χ0n) is 15.1. The van der Waals surface area contributed by atoms with Gasteiger partial charge in [0.2, 0.25) is 5.91 Å². The number of aromatic hydroxyl groups is 2. The van der Waals surface area contributed by atoms with Crippen LogP contribution in [0.1, 0.15) is 23.1 Å². The van der Waals surface area contributed by atoms with E-state index in [-0.39, 0.29) is 28.7 Å². The van der Waals surface area contributed by atoms with Gasteiger partial charge in [-0.2, -0.15) is 5.10 Å². The molecule has 0 unspecified atom stereocenters. The molecule has 0 radical (unpaired) electrons. The fraction of sp³-hybridized carbons (Fsp3) is 0.130. The molecule has 1 aliphatic rings. The average molecular weight is 372 g/mol. The second-order valence-electron chi connectivity index (χ2n) is 6.94. The van der Waals surface area contributed by atoms with Crippen molar-refractivity contribution >= 4 is 12.1 Å². The molecule has 4 rings (SSSR count). The first-order valence-corrected chi connectivity index (χ1v) is 9.07. The van der Waals surface area contributed by atoms with E-state index in [1.165, 1.54) is 24.4 Å². The molecule has 5 heteroatoms. The van der Waals surface area contributed by atoms with Crippen LogP contribution in [0.15, 0.2) is 84.0 Å². The van der Waals surface area contributed by atoms with E-state index in [9.17, 15) is 15.0 Å². The van der Waals surface area contributed by atoms with Crippen LogP contribution < -0.4 is 5.43 Å². The van der Waals surface area contributed by atoms with Crippen LogP contribution in [0.3, 0.4) is 0 Å². The molecule has 0 saturated heterocycles. The van der Waals surface area contributed by atoms with Gasteiger partial charge in [0.1, 0.15) is 11.5 Å². The first-order valence-electron chi connectivity index (χ1n) is 9.07. The number of nitrogens with zero attached hydrogens (tertiary/aromatic N) is 1. The molecule has 0 aromatic heterocycles. The van der Waals surface area contributed by atoms with Crippen molar-refractivity contribution in [2.45, 2.75) is 11.8 Å². The second-order valence-corrected chi connectivity index (χ2v) is 6.94. The summed E-state index contributed by atoms with van der Waals surface area (Å²) in [6.45, 7) is 0. The summed E-state index contributed by atoms with van der Waals surface area (Å²) in [7, 11) is 0. The second kappa shape index (κ2) is 7.19. The van der Waals surface area contributed by atoms with Crippen molar-refractivity contribution in [2.24, 2.45) is 11.0 Å². The maximum Gasteiger partial charge on any atom is 0.244 e. The number of hydrogen-bond acceptors (Lipinski definition) is 4. The van der Waals surface area contributed by atoms with E-state index in [0.717, 1.165) is 11.1 Å². The van der Waals surface area contributed by atoms with Gasteiger partial charge in [-0.3, -0.25) is 4.79 Å². The molecule has 3 aromatic rings. The maximum atomic E-state index is 12.8. The highest BCUT2D eigenvalue weighted by atomic mass is 16.3. The molecule has 28 heavy (non-hydrogen) atoms. The van der Waals surface area contributed by atoms with E-state index in [0.29, 0.717) is 12.0 Å². The fourth-order valence-corrected chi connectivity index (χ4v) is 3.74. The Labute approximate surface area is 163 Å². The number of amides is 1. The molecule has 0 aliphatic heterocycles. The molecule has 1 amide bonds. The van der Waals surface area contributed by atoms with Gasteiger partial charge in [-0.05, 0) is 29.7 Å². The monoisotopic (exact) mass is 372 g/mol. The number of phenols is 2. The van der Waals surface area contributed by atoms with E-state index in [1.807, 2.05) is 36.4 Å². The molecule has 1 atom stereocenters. The minimum atomic E-state index is -0.344. The average Bonchev–Trinajstić information content (AvgIpc) is 3.48. The van der Waals surface area contributed by atoms with Crippen molar-refractivity contribution in [1.29, 1.82) is 0 Å². The standard InChI is InChI=1S/C23H20N2O3/c26-19-12-11-16(21(27)13-19)15-24-25-22(28)20-14-23(20,17-7-3-1-4-8-17)18-9-5-2-6-10-18/h1-13,15,20,26-27H,14H2,(H,25,28)/b24-15-/t20-/m0/s1. The number of hydrazone groups is 1. The largest absolute Gasteiger partial charge is 0.508 e.